The van der Waals surface area contributed by atoms with Crippen LogP contribution in [-0.4, -0.2) is 29.0 Å². The Morgan fingerprint density at radius 2 is 1.79 bits per heavy atom. The summed E-state index contributed by atoms with van der Waals surface area (Å²) in [5, 5.41) is 0. The SMILES string of the molecule is CCc1nc(N)nc(N)c1-c1ccc2c(c1)N(CCN)C(=O)C(C)(c1cc(F)cc(F)c1)O2. The maximum atomic E-state index is 13.9. The van der Waals surface area contributed by atoms with E-state index in [1.165, 1.54) is 11.8 Å². The molecule has 33 heavy (non-hydrogen) atoms. The molecule has 4 rings (SSSR count). The maximum Gasteiger partial charge on any atom is 0.275 e. The van der Waals surface area contributed by atoms with E-state index in [2.05, 4.69) is 9.97 Å². The van der Waals surface area contributed by atoms with Gasteiger partial charge in [0.25, 0.3) is 5.91 Å². The Kier molecular flexibility index (Phi) is 5.62. The minimum Gasteiger partial charge on any atom is -0.471 e. The Morgan fingerprint density at radius 3 is 2.42 bits per heavy atom. The zero-order valence-corrected chi connectivity index (χ0v) is 18.2. The van der Waals surface area contributed by atoms with Crippen molar-refractivity contribution in [3.8, 4) is 16.9 Å². The fraction of sp³-hybridized carbons (Fsp3) is 0.261. The number of ether oxygens (including phenoxy) is 1. The number of fused-ring (bicyclic) bond motifs is 1. The second-order valence-electron chi connectivity index (χ2n) is 7.86. The lowest BCUT2D eigenvalue weighted by Crippen LogP contribution is -2.53. The van der Waals surface area contributed by atoms with Crippen molar-refractivity contribution in [1.29, 1.82) is 0 Å². The van der Waals surface area contributed by atoms with Crippen molar-refractivity contribution >= 4 is 23.4 Å². The van der Waals surface area contributed by atoms with Gasteiger partial charge in [-0.05, 0) is 43.2 Å². The van der Waals surface area contributed by atoms with Crippen LogP contribution in [0, 0.1) is 11.6 Å². The summed E-state index contributed by atoms with van der Waals surface area (Å²) >= 11 is 0. The third-order valence-corrected chi connectivity index (χ3v) is 5.64. The van der Waals surface area contributed by atoms with Gasteiger partial charge in [-0.2, -0.15) is 4.98 Å². The molecule has 1 unspecified atom stereocenters. The molecule has 10 heteroatoms. The number of amides is 1. The van der Waals surface area contributed by atoms with E-state index >= 15 is 0 Å². The number of carbonyl (C=O) groups excluding carboxylic acids is 1. The number of carbonyl (C=O) groups is 1. The van der Waals surface area contributed by atoms with Crippen LogP contribution in [0.1, 0.15) is 25.1 Å². The highest BCUT2D eigenvalue weighted by molar-refractivity contribution is 6.04. The van der Waals surface area contributed by atoms with E-state index in [4.69, 9.17) is 21.9 Å². The van der Waals surface area contributed by atoms with Crippen molar-refractivity contribution in [1.82, 2.24) is 9.97 Å². The highest BCUT2D eigenvalue weighted by Crippen LogP contribution is 2.44. The molecule has 0 saturated heterocycles. The van der Waals surface area contributed by atoms with Crippen LogP contribution in [0.5, 0.6) is 5.75 Å². The first-order chi connectivity index (χ1) is 15.7. The first-order valence-electron chi connectivity index (χ1n) is 10.4. The number of anilines is 3. The average Bonchev–Trinajstić information content (AvgIpc) is 2.75. The lowest BCUT2D eigenvalue weighted by atomic mass is 9.91. The quantitative estimate of drug-likeness (QED) is 0.540. The van der Waals surface area contributed by atoms with E-state index in [0.29, 0.717) is 34.7 Å². The van der Waals surface area contributed by atoms with Crippen molar-refractivity contribution in [2.45, 2.75) is 25.9 Å². The number of aromatic nitrogens is 2. The summed E-state index contributed by atoms with van der Waals surface area (Å²) in [6.45, 7) is 3.72. The van der Waals surface area contributed by atoms with Crippen LogP contribution in [0.25, 0.3) is 11.1 Å². The molecule has 0 bridgehead atoms. The number of aryl methyl sites for hydroxylation is 1. The summed E-state index contributed by atoms with van der Waals surface area (Å²) < 4.78 is 33.9. The molecule has 2 aromatic carbocycles. The Labute approximate surface area is 189 Å². The minimum absolute atomic E-state index is 0.0613. The highest BCUT2D eigenvalue weighted by atomic mass is 19.1. The first kappa shape index (κ1) is 22.4. The van der Waals surface area contributed by atoms with Crippen molar-refractivity contribution < 1.29 is 18.3 Å². The number of nitrogens with zero attached hydrogens (tertiary/aromatic N) is 3. The van der Waals surface area contributed by atoms with Gasteiger partial charge < -0.3 is 26.8 Å². The Bertz CT molecular complexity index is 1230. The molecule has 8 nitrogen and oxygen atoms in total. The molecule has 0 radical (unpaired) electrons. The molecule has 0 aliphatic carbocycles. The van der Waals surface area contributed by atoms with E-state index < -0.39 is 23.1 Å². The lowest BCUT2D eigenvalue weighted by molar-refractivity contribution is -0.134. The van der Waals surface area contributed by atoms with Gasteiger partial charge in [-0.1, -0.05) is 13.0 Å². The average molecular weight is 454 g/mol. The van der Waals surface area contributed by atoms with Gasteiger partial charge in [-0.15, -0.1) is 0 Å². The third-order valence-electron chi connectivity index (χ3n) is 5.64. The number of nitrogens with two attached hydrogens (primary N) is 3. The number of nitrogen functional groups attached to an aromatic ring is 2. The molecular weight excluding hydrogens is 430 g/mol. The van der Waals surface area contributed by atoms with Gasteiger partial charge in [0.2, 0.25) is 11.5 Å². The zero-order chi connectivity index (χ0) is 23.9. The first-order valence-corrected chi connectivity index (χ1v) is 10.4. The Morgan fingerprint density at radius 1 is 1.09 bits per heavy atom. The summed E-state index contributed by atoms with van der Waals surface area (Å²) in [4.78, 5) is 23.3. The van der Waals surface area contributed by atoms with Crippen molar-refractivity contribution in [2.75, 3.05) is 29.5 Å². The lowest BCUT2D eigenvalue weighted by Gasteiger charge is -2.41. The molecule has 3 aromatic rings. The fourth-order valence-corrected chi connectivity index (χ4v) is 4.08. The van der Waals surface area contributed by atoms with Crippen LogP contribution in [0.15, 0.2) is 36.4 Å². The topological polar surface area (TPSA) is 133 Å². The molecule has 172 valence electrons. The van der Waals surface area contributed by atoms with E-state index in [0.717, 1.165) is 18.2 Å². The summed E-state index contributed by atoms with van der Waals surface area (Å²) in [5.74, 6) is -1.47. The van der Waals surface area contributed by atoms with Gasteiger partial charge in [0.05, 0.1) is 11.4 Å². The normalized spacial score (nSPS) is 17.6. The predicted octanol–water partition coefficient (Wildman–Crippen LogP) is 2.75. The van der Waals surface area contributed by atoms with Crippen LogP contribution in [0.2, 0.25) is 0 Å². The third kappa shape index (κ3) is 3.82. The van der Waals surface area contributed by atoms with Gasteiger partial charge in [-0.3, -0.25) is 4.79 Å². The van der Waals surface area contributed by atoms with Crippen molar-refractivity contribution in [2.24, 2.45) is 5.73 Å². The van der Waals surface area contributed by atoms with Gasteiger partial charge in [-0.25, -0.2) is 13.8 Å². The van der Waals surface area contributed by atoms with Crippen molar-refractivity contribution in [3.63, 3.8) is 0 Å². The van der Waals surface area contributed by atoms with Crippen LogP contribution in [-0.2, 0) is 16.8 Å². The van der Waals surface area contributed by atoms with Crippen LogP contribution >= 0.6 is 0 Å². The molecule has 1 amide bonds. The zero-order valence-electron chi connectivity index (χ0n) is 18.2. The summed E-state index contributed by atoms with van der Waals surface area (Å²) in [5.41, 5.74) is 18.5. The largest absolute Gasteiger partial charge is 0.471 e. The van der Waals surface area contributed by atoms with E-state index in [1.807, 2.05) is 6.92 Å². The molecule has 6 N–H and O–H groups in total. The summed E-state index contributed by atoms with van der Waals surface area (Å²) in [7, 11) is 0. The second kappa shape index (κ2) is 8.28. The minimum atomic E-state index is -1.65. The van der Waals surface area contributed by atoms with Gasteiger partial charge in [0.15, 0.2) is 0 Å². The summed E-state index contributed by atoms with van der Waals surface area (Å²) in [6.07, 6.45) is 0.564. The Hall–Kier alpha value is -3.79. The molecule has 0 fully saturated rings. The molecular formula is C23H24F2N6O2. The molecule has 1 aliphatic rings. The van der Waals surface area contributed by atoms with Gasteiger partial charge >= 0.3 is 0 Å². The maximum absolute atomic E-state index is 13.9. The van der Waals surface area contributed by atoms with Gasteiger partial charge in [0, 0.05) is 30.3 Å². The highest BCUT2D eigenvalue weighted by Gasteiger charge is 2.46. The molecule has 1 aromatic heterocycles. The number of hydrogen-bond acceptors (Lipinski definition) is 7. The number of rotatable bonds is 5. The Balaban J connectivity index is 1.87. The van der Waals surface area contributed by atoms with Gasteiger partial charge in [0.1, 0.15) is 23.2 Å². The van der Waals surface area contributed by atoms with Crippen LogP contribution in [0.4, 0.5) is 26.2 Å². The van der Waals surface area contributed by atoms with Crippen LogP contribution in [0.3, 0.4) is 0 Å². The number of halogens is 2. The molecule has 1 atom stereocenters. The van der Waals surface area contributed by atoms with Crippen molar-refractivity contribution in [3.05, 3.63) is 59.3 Å². The molecule has 0 spiro atoms. The number of hydrogen-bond donors (Lipinski definition) is 3. The second-order valence-corrected chi connectivity index (χ2v) is 7.86. The number of benzene rings is 2. The van der Waals surface area contributed by atoms with E-state index in [9.17, 15) is 13.6 Å². The smallest absolute Gasteiger partial charge is 0.275 e. The molecule has 0 saturated carbocycles. The molecule has 2 heterocycles. The van der Waals surface area contributed by atoms with E-state index in [-0.39, 0.29) is 30.4 Å². The standard InChI is InChI=1S/C23H24F2N6O2/c1-3-16-19(20(27)30-22(28)29-16)12-4-5-18-17(8-12)31(7-6-26)21(32)23(2,33-18)13-9-14(24)11-15(25)10-13/h4-5,8-11H,3,6-7,26H2,1-2H3,(H4,27,28,29,30). The van der Waals surface area contributed by atoms with E-state index in [1.54, 1.807) is 18.2 Å². The fourth-order valence-electron chi connectivity index (χ4n) is 4.08. The predicted molar refractivity (Wildman–Crippen MR) is 121 cm³/mol. The monoisotopic (exact) mass is 454 g/mol. The van der Waals surface area contributed by atoms with Crippen LogP contribution < -0.4 is 26.8 Å². The summed E-state index contributed by atoms with van der Waals surface area (Å²) in [6, 6.07) is 8.07. The molecule has 1 aliphatic heterocycles.